The van der Waals surface area contributed by atoms with E-state index in [9.17, 15) is 9.90 Å². The molecule has 2 unspecified atom stereocenters. The predicted molar refractivity (Wildman–Crippen MR) is 79.9 cm³/mol. The number of halogens is 1. The number of carbonyl (C=O) groups is 1. The maximum atomic E-state index is 12.0. The van der Waals surface area contributed by atoms with E-state index in [1.54, 1.807) is 4.90 Å². The number of nitrogens with one attached hydrogen (secondary N) is 1. The van der Waals surface area contributed by atoms with Gasteiger partial charge >= 0.3 is 6.03 Å². The van der Waals surface area contributed by atoms with E-state index in [4.69, 9.17) is 11.6 Å². The molecule has 1 aromatic carbocycles. The molecule has 1 aromatic rings. The van der Waals surface area contributed by atoms with Gasteiger partial charge in [0.2, 0.25) is 0 Å². The lowest BCUT2D eigenvalue weighted by atomic mass is 9.96. The molecule has 20 heavy (non-hydrogen) atoms. The highest BCUT2D eigenvalue weighted by molar-refractivity contribution is 6.31. The van der Waals surface area contributed by atoms with Crippen LogP contribution in [0.3, 0.4) is 0 Å². The fraction of sp³-hybridized carbons (Fsp3) is 0.533. The minimum absolute atomic E-state index is 0.108. The Kier molecular flexibility index (Phi) is 5.26. The van der Waals surface area contributed by atoms with Gasteiger partial charge in [-0.2, -0.15) is 0 Å². The molecule has 4 nitrogen and oxygen atoms in total. The summed E-state index contributed by atoms with van der Waals surface area (Å²) < 4.78 is 0. The van der Waals surface area contributed by atoms with E-state index in [0.29, 0.717) is 26.1 Å². The van der Waals surface area contributed by atoms with Crippen molar-refractivity contribution in [2.45, 2.75) is 25.9 Å². The number of piperidine rings is 1. The predicted octanol–water partition coefficient (Wildman–Crippen LogP) is 2.29. The van der Waals surface area contributed by atoms with Crippen molar-refractivity contribution in [2.24, 2.45) is 5.92 Å². The second-order valence-electron chi connectivity index (χ2n) is 5.35. The van der Waals surface area contributed by atoms with Gasteiger partial charge < -0.3 is 15.3 Å². The lowest BCUT2D eigenvalue weighted by molar-refractivity contribution is 0.0436. The van der Waals surface area contributed by atoms with Gasteiger partial charge in [0, 0.05) is 24.7 Å². The number of aliphatic hydroxyl groups excluding tert-OH is 1. The van der Waals surface area contributed by atoms with Gasteiger partial charge in [0.05, 0.1) is 6.10 Å². The number of nitrogens with zero attached hydrogens (tertiary/aromatic N) is 1. The van der Waals surface area contributed by atoms with Crippen molar-refractivity contribution in [3.8, 4) is 0 Å². The summed E-state index contributed by atoms with van der Waals surface area (Å²) in [5.41, 5.74) is 1.03. The topological polar surface area (TPSA) is 52.6 Å². The maximum absolute atomic E-state index is 12.0. The molecule has 0 spiro atoms. The summed E-state index contributed by atoms with van der Waals surface area (Å²) in [5, 5.41) is 13.4. The van der Waals surface area contributed by atoms with Crippen molar-refractivity contribution >= 4 is 17.6 Å². The summed E-state index contributed by atoms with van der Waals surface area (Å²) in [6.07, 6.45) is 1.13. The first kappa shape index (κ1) is 15.1. The molecule has 0 bridgehead atoms. The molecule has 0 saturated carbocycles. The van der Waals surface area contributed by atoms with Crippen LogP contribution in [0.2, 0.25) is 5.02 Å². The fourth-order valence-corrected chi connectivity index (χ4v) is 2.58. The van der Waals surface area contributed by atoms with Crippen LogP contribution < -0.4 is 5.32 Å². The normalized spacial score (nSPS) is 22.6. The molecule has 1 heterocycles. The average Bonchev–Trinajstić information content (AvgIpc) is 2.44. The van der Waals surface area contributed by atoms with Crippen LogP contribution in [0.4, 0.5) is 4.79 Å². The van der Waals surface area contributed by atoms with Crippen molar-refractivity contribution in [1.82, 2.24) is 10.2 Å². The lowest BCUT2D eigenvalue weighted by Crippen LogP contribution is -2.49. The third-order valence-corrected chi connectivity index (χ3v) is 4.20. The summed E-state index contributed by atoms with van der Waals surface area (Å²) in [7, 11) is 0. The van der Waals surface area contributed by atoms with Gasteiger partial charge in [0.15, 0.2) is 0 Å². The Balaban J connectivity index is 1.77. The number of aliphatic hydroxyl groups is 1. The average molecular weight is 297 g/mol. The number of rotatable bonds is 3. The lowest BCUT2D eigenvalue weighted by Gasteiger charge is -2.34. The monoisotopic (exact) mass is 296 g/mol. The van der Waals surface area contributed by atoms with Gasteiger partial charge in [-0.3, -0.25) is 0 Å². The van der Waals surface area contributed by atoms with Crippen LogP contribution in [0.5, 0.6) is 0 Å². The summed E-state index contributed by atoms with van der Waals surface area (Å²) >= 11 is 6.07. The van der Waals surface area contributed by atoms with Gasteiger partial charge in [-0.1, -0.05) is 36.7 Å². The SMILES string of the molecule is CC1CCN(C(=O)NCCc2ccccc2Cl)CC1O. The van der Waals surface area contributed by atoms with Crippen molar-refractivity contribution in [3.63, 3.8) is 0 Å². The molecule has 0 aromatic heterocycles. The summed E-state index contributed by atoms with van der Waals surface area (Å²) in [5.74, 6) is 0.266. The van der Waals surface area contributed by atoms with Crippen molar-refractivity contribution in [3.05, 3.63) is 34.9 Å². The van der Waals surface area contributed by atoms with Crippen LogP contribution >= 0.6 is 11.6 Å². The van der Waals surface area contributed by atoms with Gasteiger partial charge in [0.25, 0.3) is 0 Å². The van der Waals surface area contributed by atoms with E-state index in [1.165, 1.54) is 0 Å². The number of hydrogen-bond donors (Lipinski definition) is 2. The second kappa shape index (κ2) is 6.95. The van der Waals surface area contributed by atoms with Gasteiger partial charge in [-0.15, -0.1) is 0 Å². The first-order valence-electron chi connectivity index (χ1n) is 7.02. The molecule has 5 heteroatoms. The number of likely N-dealkylation sites (tertiary alicyclic amines) is 1. The van der Waals surface area contributed by atoms with Crippen LogP contribution in [-0.2, 0) is 6.42 Å². The van der Waals surface area contributed by atoms with E-state index in [2.05, 4.69) is 5.32 Å². The summed E-state index contributed by atoms with van der Waals surface area (Å²) in [6, 6.07) is 7.52. The van der Waals surface area contributed by atoms with Crippen LogP contribution in [0.15, 0.2) is 24.3 Å². The Labute approximate surface area is 124 Å². The van der Waals surface area contributed by atoms with Crippen molar-refractivity contribution in [2.75, 3.05) is 19.6 Å². The molecule has 0 radical (unpaired) electrons. The minimum atomic E-state index is -0.418. The zero-order valence-corrected chi connectivity index (χ0v) is 12.4. The highest BCUT2D eigenvalue weighted by atomic mass is 35.5. The van der Waals surface area contributed by atoms with Crippen LogP contribution in [-0.4, -0.2) is 41.8 Å². The molecule has 1 fully saturated rings. The summed E-state index contributed by atoms with van der Waals surface area (Å²) in [4.78, 5) is 13.7. The van der Waals surface area contributed by atoms with Crippen molar-refractivity contribution in [1.29, 1.82) is 0 Å². The molecule has 1 aliphatic rings. The minimum Gasteiger partial charge on any atom is -0.391 e. The molecular weight excluding hydrogens is 276 g/mol. The zero-order chi connectivity index (χ0) is 14.5. The Bertz CT molecular complexity index is 467. The van der Waals surface area contributed by atoms with Gasteiger partial charge in [-0.05, 0) is 30.4 Å². The number of benzene rings is 1. The molecule has 2 atom stereocenters. The molecule has 110 valence electrons. The number of β-amino-alcohol motifs (C(OH)–C–C–N with tert-alkyl or cyclic N) is 1. The van der Waals surface area contributed by atoms with E-state index in [1.807, 2.05) is 31.2 Å². The number of carbonyl (C=O) groups excluding carboxylic acids is 1. The number of urea groups is 1. The number of hydrogen-bond acceptors (Lipinski definition) is 2. The zero-order valence-electron chi connectivity index (χ0n) is 11.7. The highest BCUT2D eigenvalue weighted by Gasteiger charge is 2.26. The van der Waals surface area contributed by atoms with Crippen LogP contribution in [0, 0.1) is 5.92 Å². The Hall–Kier alpha value is -1.26. The van der Waals surface area contributed by atoms with Crippen LogP contribution in [0.1, 0.15) is 18.9 Å². The highest BCUT2D eigenvalue weighted by Crippen LogP contribution is 2.17. The molecule has 2 amide bonds. The summed E-state index contributed by atoms with van der Waals surface area (Å²) in [6.45, 7) is 3.68. The largest absolute Gasteiger partial charge is 0.391 e. The fourth-order valence-electron chi connectivity index (χ4n) is 2.35. The third kappa shape index (κ3) is 3.87. The Morgan fingerprint density at radius 1 is 1.50 bits per heavy atom. The Morgan fingerprint density at radius 3 is 2.95 bits per heavy atom. The molecule has 2 N–H and O–H groups in total. The van der Waals surface area contributed by atoms with E-state index in [-0.39, 0.29) is 11.9 Å². The van der Waals surface area contributed by atoms with Gasteiger partial charge in [0.1, 0.15) is 0 Å². The van der Waals surface area contributed by atoms with Gasteiger partial charge in [-0.25, -0.2) is 4.79 Å². The molecule has 1 aliphatic heterocycles. The second-order valence-corrected chi connectivity index (χ2v) is 5.76. The smallest absolute Gasteiger partial charge is 0.317 e. The van der Waals surface area contributed by atoms with E-state index < -0.39 is 6.10 Å². The quantitative estimate of drug-likeness (QED) is 0.899. The standard InChI is InChI=1S/C15H21ClN2O2/c1-11-7-9-18(10-14(11)19)15(20)17-8-6-12-4-2-3-5-13(12)16/h2-5,11,14,19H,6-10H2,1H3,(H,17,20). The third-order valence-electron chi connectivity index (χ3n) is 3.83. The maximum Gasteiger partial charge on any atom is 0.317 e. The van der Waals surface area contributed by atoms with Crippen molar-refractivity contribution < 1.29 is 9.90 Å². The number of amides is 2. The first-order valence-corrected chi connectivity index (χ1v) is 7.40. The molecule has 0 aliphatic carbocycles. The van der Waals surface area contributed by atoms with Crippen LogP contribution in [0.25, 0.3) is 0 Å². The van der Waals surface area contributed by atoms with E-state index in [0.717, 1.165) is 17.0 Å². The first-order chi connectivity index (χ1) is 9.58. The molecule has 2 rings (SSSR count). The Morgan fingerprint density at radius 2 is 2.25 bits per heavy atom. The molecular formula is C15H21ClN2O2. The van der Waals surface area contributed by atoms with E-state index >= 15 is 0 Å². The molecule has 1 saturated heterocycles.